The Bertz CT molecular complexity index is 871. The molecule has 3 aliphatic rings. The Kier molecular flexibility index (Phi) is 3.81. The van der Waals surface area contributed by atoms with Crippen LogP contribution in [0.5, 0.6) is 0 Å². The van der Waals surface area contributed by atoms with Gasteiger partial charge in [0, 0.05) is 32.3 Å². The number of nitrogens with zero attached hydrogens (tertiary/aromatic N) is 4. The Morgan fingerprint density at radius 1 is 1.15 bits per heavy atom. The molecule has 5 rings (SSSR count). The zero-order valence-corrected chi connectivity index (χ0v) is 15.4. The van der Waals surface area contributed by atoms with Crippen molar-refractivity contribution in [3.05, 3.63) is 48.3 Å². The number of hydrogen-bond donors (Lipinski definition) is 0. The highest BCUT2D eigenvalue weighted by molar-refractivity contribution is 5.95. The molecule has 0 bridgehead atoms. The summed E-state index contributed by atoms with van der Waals surface area (Å²) in [5.74, 6) is 0.439. The van der Waals surface area contributed by atoms with Gasteiger partial charge >= 0.3 is 0 Å². The average Bonchev–Trinajstić information content (AvgIpc) is 3.06. The van der Waals surface area contributed by atoms with E-state index in [9.17, 15) is 9.59 Å². The zero-order valence-electron chi connectivity index (χ0n) is 15.4. The van der Waals surface area contributed by atoms with Crippen LogP contribution < -0.4 is 4.90 Å². The lowest BCUT2D eigenvalue weighted by molar-refractivity contribution is -0.133. The van der Waals surface area contributed by atoms with Crippen LogP contribution in [0.1, 0.15) is 43.7 Å². The fourth-order valence-electron chi connectivity index (χ4n) is 4.54. The van der Waals surface area contributed by atoms with E-state index in [1.165, 1.54) is 0 Å². The number of amides is 2. The third-order valence-corrected chi connectivity index (χ3v) is 6.28. The molecule has 1 aromatic heterocycles. The van der Waals surface area contributed by atoms with E-state index in [1.807, 2.05) is 38.9 Å². The van der Waals surface area contributed by atoms with Crippen LogP contribution in [-0.4, -0.2) is 46.1 Å². The highest BCUT2D eigenvalue weighted by Gasteiger charge is 2.53. The van der Waals surface area contributed by atoms with Crippen LogP contribution in [0.25, 0.3) is 0 Å². The molecule has 2 amide bonds. The summed E-state index contributed by atoms with van der Waals surface area (Å²) < 4.78 is 1.94. The summed E-state index contributed by atoms with van der Waals surface area (Å²) in [6, 6.07) is 10.4. The van der Waals surface area contributed by atoms with Gasteiger partial charge < -0.3 is 9.80 Å². The van der Waals surface area contributed by atoms with Gasteiger partial charge in [-0.1, -0.05) is 30.3 Å². The molecule has 140 valence electrons. The SMILES string of the molecule is O=C1CCCN1c1cnn(C2CCN(C(=O)C3(c4ccccc4)CC3)C2)c1. The number of carbonyl (C=O) groups is 2. The van der Waals surface area contributed by atoms with Crippen LogP contribution in [0.3, 0.4) is 0 Å². The number of aromatic nitrogens is 2. The molecule has 1 aromatic carbocycles. The van der Waals surface area contributed by atoms with Gasteiger partial charge in [0.2, 0.25) is 11.8 Å². The van der Waals surface area contributed by atoms with Gasteiger partial charge in [0.15, 0.2) is 0 Å². The van der Waals surface area contributed by atoms with E-state index < -0.39 is 0 Å². The lowest BCUT2D eigenvalue weighted by Gasteiger charge is -2.23. The lowest BCUT2D eigenvalue weighted by atomic mass is 9.94. The molecule has 2 aromatic rings. The maximum Gasteiger partial charge on any atom is 0.233 e. The Balaban J connectivity index is 1.29. The third-order valence-electron chi connectivity index (χ3n) is 6.28. The molecule has 0 spiro atoms. The van der Waals surface area contributed by atoms with E-state index >= 15 is 0 Å². The standard InChI is InChI=1S/C21H24N4O2/c26-19-7-4-11-24(19)18-13-22-25(15-18)17-8-12-23(14-17)20(27)21(9-10-21)16-5-2-1-3-6-16/h1-3,5-6,13,15,17H,4,7-12,14H2. The summed E-state index contributed by atoms with van der Waals surface area (Å²) in [5.41, 5.74) is 1.73. The molecular weight excluding hydrogens is 340 g/mol. The summed E-state index contributed by atoms with van der Waals surface area (Å²) in [5, 5.41) is 4.49. The number of benzene rings is 1. The van der Waals surface area contributed by atoms with Crippen LogP contribution in [0.4, 0.5) is 5.69 Å². The van der Waals surface area contributed by atoms with Crippen LogP contribution in [0.15, 0.2) is 42.7 Å². The maximum absolute atomic E-state index is 13.2. The van der Waals surface area contributed by atoms with Crippen LogP contribution in [0, 0.1) is 0 Å². The maximum atomic E-state index is 13.2. The number of hydrogen-bond acceptors (Lipinski definition) is 3. The first kappa shape index (κ1) is 16.5. The summed E-state index contributed by atoms with van der Waals surface area (Å²) in [7, 11) is 0. The molecule has 2 saturated heterocycles. The van der Waals surface area contributed by atoms with Gasteiger partial charge in [0.25, 0.3) is 0 Å². The van der Waals surface area contributed by atoms with Crippen molar-refractivity contribution in [1.29, 1.82) is 0 Å². The number of carbonyl (C=O) groups excluding carboxylic acids is 2. The fraction of sp³-hybridized carbons (Fsp3) is 0.476. The average molecular weight is 364 g/mol. The van der Waals surface area contributed by atoms with Crippen molar-refractivity contribution in [2.75, 3.05) is 24.5 Å². The summed E-state index contributed by atoms with van der Waals surface area (Å²) in [6.07, 6.45) is 8.08. The highest BCUT2D eigenvalue weighted by Crippen LogP contribution is 2.50. The largest absolute Gasteiger partial charge is 0.340 e. The van der Waals surface area contributed by atoms with Gasteiger partial charge in [-0.15, -0.1) is 0 Å². The van der Waals surface area contributed by atoms with Gasteiger partial charge in [-0.3, -0.25) is 14.3 Å². The highest BCUT2D eigenvalue weighted by atomic mass is 16.2. The van der Waals surface area contributed by atoms with Crippen molar-refractivity contribution in [2.24, 2.45) is 0 Å². The Labute approximate surface area is 158 Å². The smallest absolute Gasteiger partial charge is 0.233 e. The summed E-state index contributed by atoms with van der Waals surface area (Å²) in [6.45, 7) is 2.25. The number of rotatable bonds is 4. The topological polar surface area (TPSA) is 58.4 Å². The molecule has 0 radical (unpaired) electrons. The fourth-order valence-corrected chi connectivity index (χ4v) is 4.54. The Morgan fingerprint density at radius 2 is 1.96 bits per heavy atom. The molecule has 0 N–H and O–H groups in total. The normalized spacial score (nSPS) is 23.9. The first-order chi connectivity index (χ1) is 13.2. The first-order valence-electron chi connectivity index (χ1n) is 9.87. The predicted octanol–water partition coefficient (Wildman–Crippen LogP) is 2.52. The molecule has 3 fully saturated rings. The first-order valence-corrected chi connectivity index (χ1v) is 9.87. The minimum Gasteiger partial charge on any atom is -0.340 e. The molecular formula is C21H24N4O2. The number of anilines is 1. The van der Waals surface area contributed by atoms with Gasteiger partial charge in [-0.25, -0.2) is 0 Å². The van der Waals surface area contributed by atoms with E-state index in [4.69, 9.17) is 0 Å². The predicted molar refractivity (Wildman–Crippen MR) is 101 cm³/mol. The van der Waals surface area contributed by atoms with E-state index in [0.29, 0.717) is 13.0 Å². The van der Waals surface area contributed by atoms with Crippen LogP contribution in [0.2, 0.25) is 0 Å². The molecule has 3 heterocycles. The van der Waals surface area contributed by atoms with Crippen LogP contribution >= 0.6 is 0 Å². The second kappa shape index (κ2) is 6.22. The van der Waals surface area contributed by atoms with Crippen molar-refractivity contribution in [1.82, 2.24) is 14.7 Å². The third kappa shape index (κ3) is 2.74. The molecule has 1 atom stereocenters. The molecule has 6 heteroatoms. The molecule has 27 heavy (non-hydrogen) atoms. The minimum absolute atomic E-state index is 0.177. The summed E-state index contributed by atoms with van der Waals surface area (Å²) in [4.78, 5) is 29.0. The Hall–Kier alpha value is -2.63. The second-order valence-electron chi connectivity index (χ2n) is 7.97. The van der Waals surface area contributed by atoms with Gasteiger partial charge in [0.1, 0.15) is 0 Å². The van der Waals surface area contributed by atoms with E-state index in [2.05, 4.69) is 17.2 Å². The van der Waals surface area contributed by atoms with Gasteiger partial charge in [-0.05, 0) is 31.2 Å². The second-order valence-corrected chi connectivity index (χ2v) is 7.97. The minimum atomic E-state index is -0.298. The van der Waals surface area contributed by atoms with Crippen molar-refractivity contribution >= 4 is 17.5 Å². The molecule has 6 nitrogen and oxygen atoms in total. The van der Waals surface area contributed by atoms with Crippen molar-refractivity contribution in [2.45, 2.75) is 43.6 Å². The van der Waals surface area contributed by atoms with Gasteiger partial charge in [-0.2, -0.15) is 5.10 Å². The van der Waals surface area contributed by atoms with Gasteiger partial charge in [0.05, 0.1) is 23.3 Å². The molecule has 1 aliphatic carbocycles. The lowest BCUT2D eigenvalue weighted by Crippen LogP contribution is -2.38. The molecule has 1 saturated carbocycles. The quantitative estimate of drug-likeness (QED) is 0.838. The van der Waals surface area contributed by atoms with Crippen molar-refractivity contribution in [3.63, 3.8) is 0 Å². The van der Waals surface area contributed by atoms with E-state index in [-0.39, 0.29) is 23.3 Å². The zero-order chi connectivity index (χ0) is 18.4. The van der Waals surface area contributed by atoms with Crippen molar-refractivity contribution in [3.8, 4) is 0 Å². The Morgan fingerprint density at radius 3 is 2.67 bits per heavy atom. The monoisotopic (exact) mass is 364 g/mol. The van der Waals surface area contributed by atoms with E-state index in [1.54, 1.807) is 6.20 Å². The number of likely N-dealkylation sites (tertiary alicyclic amines) is 1. The molecule has 1 unspecified atom stereocenters. The summed E-state index contributed by atoms with van der Waals surface area (Å²) >= 11 is 0. The van der Waals surface area contributed by atoms with Crippen molar-refractivity contribution < 1.29 is 9.59 Å². The van der Waals surface area contributed by atoms with E-state index in [0.717, 1.165) is 50.0 Å². The molecule has 2 aliphatic heterocycles. The van der Waals surface area contributed by atoms with Crippen LogP contribution in [-0.2, 0) is 15.0 Å².